The summed E-state index contributed by atoms with van der Waals surface area (Å²) in [7, 11) is 1.75. The smallest absolute Gasteiger partial charge is 0.176 e. The molecule has 0 saturated heterocycles. The monoisotopic (exact) mass is 265 g/mol. The number of benzene rings is 1. The van der Waals surface area contributed by atoms with Crippen molar-refractivity contribution in [3.8, 4) is 5.75 Å². The first kappa shape index (κ1) is 12.6. The Morgan fingerprint density at radius 3 is 3.00 bits per heavy atom. The summed E-state index contributed by atoms with van der Waals surface area (Å²) in [5.41, 5.74) is 0.636. The fraction of sp³-hybridized carbons (Fsp3) is 0.250. The van der Waals surface area contributed by atoms with Gasteiger partial charge in [0, 0.05) is 18.3 Å². The summed E-state index contributed by atoms with van der Waals surface area (Å²) in [5, 5.41) is 8.17. The molecular weight excluding hydrogens is 254 g/mol. The highest BCUT2D eigenvalue weighted by Crippen LogP contribution is 2.16. The Kier molecular flexibility index (Phi) is 3.94. The van der Waals surface area contributed by atoms with Crippen LogP contribution in [0.2, 0.25) is 5.02 Å². The number of nitrogens with zero attached hydrogens (tertiary/aromatic N) is 3. The van der Waals surface area contributed by atoms with Crippen LogP contribution >= 0.6 is 11.6 Å². The summed E-state index contributed by atoms with van der Waals surface area (Å²) in [6.45, 7) is -0.00306. The first-order valence-corrected chi connectivity index (χ1v) is 5.76. The number of carbonyl (C=O) groups excluding carboxylic acids is 1. The van der Waals surface area contributed by atoms with Gasteiger partial charge >= 0.3 is 0 Å². The molecule has 0 atom stereocenters. The van der Waals surface area contributed by atoms with E-state index in [1.807, 2.05) is 0 Å². The molecule has 6 heteroatoms. The number of ketones is 1. The number of carbonyl (C=O) groups is 1. The Morgan fingerprint density at radius 2 is 2.33 bits per heavy atom. The molecular formula is C12H12ClN3O2. The number of halogens is 1. The van der Waals surface area contributed by atoms with Gasteiger partial charge in [0.25, 0.3) is 0 Å². The first-order chi connectivity index (χ1) is 8.63. The van der Waals surface area contributed by atoms with Crippen molar-refractivity contribution in [3.05, 3.63) is 41.2 Å². The minimum atomic E-state index is -0.0597. The van der Waals surface area contributed by atoms with Gasteiger partial charge in [0.05, 0.1) is 12.1 Å². The number of hydrogen-bond acceptors (Lipinski definition) is 4. The van der Waals surface area contributed by atoms with Crippen molar-refractivity contribution in [1.82, 2.24) is 15.0 Å². The fourth-order valence-corrected chi connectivity index (χ4v) is 1.63. The molecule has 2 rings (SSSR count). The topological polar surface area (TPSA) is 57.0 Å². The molecule has 0 radical (unpaired) electrons. The second-order valence-corrected chi connectivity index (χ2v) is 4.28. The Labute approximate surface area is 109 Å². The molecule has 0 bridgehead atoms. The highest BCUT2D eigenvalue weighted by molar-refractivity contribution is 6.30. The third kappa shape index (κ3) is 3.56. The molecule has 0 spiro atoms. The highest BCUT2D eigenvalue weighted by atomic mass is 35.5. The van der Waals surface area contributed by atoms with Crippen LogP contribution in [0.15, 0.2) is 30.5 Å². The minimum absolute atomic E-state index is 0.00306. The van der Waals surface area contributed by atoms with Gasteiger partial charge in [-0.15, -0.1) is 5.10 Å². The molecule has 0 aliphatic heterocycles. The van der Waals surface area contributed by atoms with Crippen molar-refractivity contribution in [2.45, 2.75) is 6.42 Å². The average molecular weight is 266 g/mol. The Balaban J connectivity index is 1.85. The van der Waals surface area contributed by atoms with Crippen molar-refractivity contribution in [2.75, 3.05) is 6.61 Å². The number of aromatic nitrogens is 3. The molecule has 0 N–H and O–H groups in total. The minimum Gasteiger partial charge on any atom is -0.486 e. The van der Waals surface area contributed by atoms with Crippen LogP contribution in [0, 0.1) is 0 Å². The van der Waals surface area contributed by atoms with Crippen molar-refractivity contribution in [2.24, 2.45) is 7.05 Å². The van der Waals surface area contributed by atoms with E-state index in [1.165, 1.54) is 0 Å². The maximum atomic E-state index is 11.6. The molecule has 0 amide bonds. The lowest BCUT2D eigenvalue weighted by Gasteiger charge is -2.04. The summed E-state index contributed by atoms with van der Waals surface area (Å²) >= 11 is 5.81. The lowest BCUT2D eigenvalue weighted by atomic mass is 10.2. The van der Waals surface area contributed by atoms with E-state index >= 15 is 0 Å². The SMILES string of the molecule is Cn1cc(CC(=O)COc2cccc(Cl)c2)nn1. The molecule has 0 aliphatic rings. The third-order valence-electron chi connectivity index (χ3n) is 2.22. The largest absolute Gasteiger partial charge is 0.486 e. The highest BCUT2D eigenvalue weighted by Gasteiger charge is 2.08. The van der Waals surface area contributed by atoms with Gasteiger partial charge in [0.1, 0.15) is 12.4 Å². The first-order valence-electron chi connectivity index (χ1n) is 5.39. The van der Waals surface area contributed by atoms with Gasteiger partial charge in [0.15, 0.2) is 5.78 Å². The van der Waals surface area contributed by atoms with Crippen molar-refractivity contribution in [3.63, 3.8) is 0 Å². The summed E-state index contributed by atoms with van der Waals surface area (Å²) in [6.07, 6.45) is 1.92. The zero-order valence-electron chi connectivity index (χ0n) is 9.84. The predicted molar refractivity (Wildman–Crippen MR) is 66.7 cm³/mol. The molecule has 0 aliphatic carbocycles. The van der Waals surface area contributed by atoms with Gasteiger partial charge in [-0.3, -0.25) is 9.48 Å². The van der Waals surface area contributed by atoms with E-state index in [1.54, 1.807) is 42.2 Å². The number of ether oxygens (including phenoxy) is 1. The number of aryl methyl sites for hydroxylation is 1. The van der Waals surface area contributed by atoms with Gasteiger partial charge < -0.3 is 4.74 Å². The molecule has 1 aromatic heterocycles. The van der Waals surface area contributed by atoms with E-state index in [0.717, 1.165) is 0 Å². The van der Waals surface area contributed by atoms with Crippen LogP contribution < -0.4 is 4.74 Å². The predicted octanol–water partition coefficient (Wildman–Crippen LogP) is 1.66. The molecule has 1 aromatic carbocycles. The summed E-state index contributed by atoms with van der Waals surface area (Å²) < 4.78 is 6.89. The lowest BCUT2D eigenvalue weighted by molar-refractivity contribution is -0.120. The summed E-state index contributed by atoms with van der Waals surface area (Å²) in [4.78, 5) is 11.6. The van der Waals surface area contributed by atoms with Crippen LogP contribution in [0.4, 0.5) is 0 Å². The number of Topliss-reactive ketones (excluding diaryl/α,β-unsaturated/α-hetero) is 1. The summed E-state index contributed by atoms with van der Waals surface area (Å²) in [6, 6.07) is 6.93. The second-order valence-electron chi connectivity index (χ2n) is 3.85. The molecule has 1 heterocycles. The number of hydrogen-bond donors (Lipinski definition) is 0. The molecule has 0 fully saturated rings. The third-order valence-corrected chi connectivity index (χ3v) is 2.46. The van der Waals surface area contributed by atoms with Gasteiger partial charge in [-0.05, 0) is 18.2 Å². The Morgan fingerprint density at radius 1 is 1.50 bits per heavy atom. The number of rotatable bonds is 5. The van der Waals surface area contributed by atoms with Crippen molar-refractivity contribution < 1.29 is 9.53 Å². The Bertz CT molecular complexity index is 554. The summed E-state index contributed by atoms with van der Waals surface area (Å²) in [5.74, 6) is 0.519. The van der Waals surface area contributed by atoms with Gasteiger partial charge in [-0.2, -0.15) is 0 Å². The van der Waals surface area contributed by atoms with E-state index in [0.29, 0.717) is 16.5 Å². The van der Waals surface area contributed by atoms with Crippen LogP contribution in [-0.2, 0) is 18.3 Å². The van der Waals surface area contributed by atoms with Crippen molar-refractivity contribution in [1.29, 1.82) is 0 Å². The van der Waals surface area contributed by atoms with E-state index < -0.39 is 0 Å². The Hall–Kier alpha value is -1.88. The molecule has 0 unspecified atom stereocenters. The zero-order chi connectivity index (χ0) is 13.0. The molecule has 94 valence electrons. The lowest BCUT2D eigenvalue weighted by Crippen LogP contribution is -2.14. The maximum Gasteiger partial charge on any atom is 0.176 e. The van der Waals surface area contributed by atoms with Crippen LogP contribution in [-0.4, -0.2) is 27.4 Å². The fourth-order valence-electron chi connectivity index (χ4n) is 1.45. The van der Waals surface area contributed by atoms with Crippen LogP contribution in [0.25, 0.3) is 0 Å². The average Bonchev–Trinajstić information content (AvgIpc) is 2.72. The molecule has 0 saturated carbocycles. The van der Waals surface area contributed by atoms with Crippen LogP contribution in [0.1, 0.15) is 5.69 Å². The van der Waals surface area contributed by atoms with E-state index in [-0.39, 0.29) is 18.8 Å². The normalized spacial score (nSPS) is 10.3. The zero-order valence-corrected chi connectivity index (χ0v) is 10.6. The maximum absolute atomic E-state index is 11.6. The van der Waals surface area contributed by atoms with E-state index in [9.17, 15) is 4.79 Å². The molecule has 5 nitrogen and oxygen atoms in total. The standard InChI is InChI=1S/C12H12ClN3O2/c1-16-7-10(14-15-16)6-11(17)8-18-12-4-2-3-9(13)5-12/h2-5,7H,6,8H2,1H3. The second kappa shape index (κ2) is 5.64. The van der Waals surface area contributed by atoms with Gasteiger partial charge in [-0.25, -0.2) is 0 Å². The quantitative estimate of drug-likeness (QED) is 0.825. The van der Waals surface area contributed by atoms with E-state index in [2.05, 4.69) is 10.3 Å². The van der Waals surface area contributed by atoms with Gasteiger partial charge in [0.2, 0.25) is 0 Å². The van der Waals surface area contributed by atoms with Crippen molar-refractivity contribution >= 4 is 17.4 Å². The molecule has 2 aromatic rings. The van der Waals surface area contributed by atoms with E-state index in [4.69, 9.17) is 16.3 Å². The van der Waals surface area contributed by atoms with Crippen LogP contribution in [0.5, 0.6) is 5.75 Å². The van der Waals surface area contributed by atoms with Gasteiger partial charge in [-0.1, -0.05) is 22.9 Å². The van der Waals surface area contributed by atoms with Crippen LogP contribution in [0.3, 0.4) is 0 Å². The molecule has 18 heavy (non-hydrogen) atoms.